The lowest BCUT2D eigenvalue weighted by atomic mass is 10.2. The van der Waals surface area contributed by atoms with Gasteiger partial charge in [0.1, 0.15) is 11.8 Å². The third-order valence-electron chi connectivity index (χ3n) is 4.35. The molecular weight excluding hydrogens is 334 g/mol. The summed E-state index contributed by atoms with van der Waals surface area (Å²) in [5.41, 5.74) is 1.68. The van der Waals surface area contributed by atoms with Crippen molar-refractivity contribution in [1.29, 1.82) is 0 Å². The van der Waals surface area contributed by atoms with Gasteiger partial charge in [0.15, 0.2) is 0 Å². The molecule has 0 saturated heterocycles. The minimum atomic E-state index is -0.986. The van der Waals surface area contributed by atoms with Gasteiger partial charge in [0, 0.05) is 11.8 Å². The number of rotatable bonds is 6. The van der Waals surface area contributed by atoms with E-state index in [9.17, 15) is 14.7 Å². The number of hydrogen-bond donors (Lipinski definition) is 1. The van der Waals surface area contributed by atoms with Crippen LogP contribution in [0.1, 0.15) is 24.1 Å². The maximum atomic E-state index is 12.9. The number of ether oxygens (including phenoxy) is 1. The highest BCUT2D eigenvalue weighted by Crippen LogP contribution is 2.22. The van der Waals surface area contributed by atoms with Gasteiger partial charge in [-0.1, -0.05) is 24.8 Å². The van der Waals surface area contributed by atoms with Crippen LogP contribution in [0.25, 0.3) is 17.0 Å². The predicted molar refractivity (Wildman–Crippen MR) is 98.5 cm³/mol. The molecule has 0 radical (unpaired) electrons. The zero-order valence-electron chi connectivity index (χ0n) is 14.5. The molecule has 1 N–H and O–H groups in total. The van der Waals surface area contributed by atoms with E-state index < -0.39 is 12.0 Å². The lowest BCUT2D eigenvalue weighted by Gasteiger charge is -2.10. The molecule has 0 amide bonds. The summed E-state index contributed by atoms with van der Waals surface area (Å²) < 4.78 is 8.01. The Hall–Kier alpha value is -3.35. The van der Waals surface area contributed by atoms with E-state index in [1.165, 1.54) is 15.4 Å². The fourth-order valence-corrected chi connectivity index (χ4v) is 2.84. The monoisotopic (exact) mass is 353 g/mol. The van der Waals surface area contributed by atoms with E-state index in [0.29, 0.717) is 23.0 Å². The van der Waals surface area contributed by atoms with Crippen molar-refractivity contribution in [1.82, 2.24) is 14.3 Å². The van der Waals surface area contributed by atoms with E-state index >= 15 is 0 Å². The van der Waals surface area contributed by atoms with Crippen LogP contribution in [0, 0.1) is 0 Å². The minimum Gasteiger partial charge on any atom is -0.497 e. The molecule has 0 aliphatic heterocycles. The smallest absolute Gasteiger partial charge is 0.326 e. The van der Waals surface area contributed by atoms with E-state index in [-0.39, 0.29) is 5.56 Å². The van der Waals surface area contributed by atoms with Gasteiger partial charge in [-0.2, -0.15) is 5.10 Å². The first-order valence-corrected chi connectivity index (χ1v) is 8.05. The zero-order chi connectivity index (χ0) is 18.8. The molecule has 7 heteroatoms. The third-order valence-corrected chi connectivity index (χ3v) is 4.35. The fraction of sp³-hybridized carbons (Fsp3) is 0.211. The van der Waals surface area contributed by atoms with Crippen LogP contribution in [0.5, 0.6) is 5.75 Å². The second-order valence-electron chi connectivity index (χ2n) is 5.93. The van der Waals surface area contributed by atoms with Crippen molar-refractivity contribution in [2.45, 2.75) is 19.5 Å². The van der Waals surface area contributed by atoms with Crippen molar-refractivity contribution in [3.05, 3.63) is 64.7 Å². The topological polar surface area (TPSA) is 86.3 Å². The van der Waals surface area contributed by atoms with Gasteiger partial charge in [-0.25, -0.2) is 9.48 Å². The molecule has 3 rings (SSSR count). The van der Waals surface area contributed by atoms with E-state index in [4.69, 9.17) is 4.74 Å². The summed E-state index contributed by atoms with van der Waals surface area (Å²) in [6.07, 6.45) is 4.69. The highest BCUT2D eigenvalue weighted by atomic mass is 16.5. The maximum Gasteiger partial charge on any atom is 0.326 e. The number of nitrogens with zero attached hydrogens (tertiary/aromatic N) is 3. The van der Waals surface area contributed by atoms with Gasteiger partial charge < -0.3 is 14.4 Å². The molecular formula is C19H19N3O4. The van der Waals surface area contributed by atoms with Crippen LogP contribution in [0.2, 0.25) is 0 Å². The lowest BCUT2D eigenvalue weighted by molar-refractivity contribution is -0.140. The summed E-state index contributed by atoms with van der Waals surface area (Å²) in [7, 11) is 1.59. The average molecular weight is 353 g/mol. The van der Waals surface area contributed by atoms with Crippen LogP contribution in [0.15, 0.2) is 48.0 Å². The Labute approximate surface area is 149 Å². The lowest BCUT2D eigenvalue weighted by Crippen LogP contribution is -2.24. The van der Waals surface area contributed by atoms with Gasteiger partial charge in [-0.05, 0) is 24.6 Å². The van der Waals surface area contributed by atoms with Crippen LogP contribution in [0.3, 0.4) is 0 Å². The molecule has 7 nitrogen and oxygen atoms in total. The maximum absolute atomic E-state index is 12.9. The summed E-state index contributed by atoms with van der Waals surface area (Å²) in [5, 5.41) is 13.9. The molecule has 26 heavy (non-hydrogen) atoms. The molecule has 0 aliphatic carbocycles. The molecule has 0 saturated carbocycles. The highest BCUT2D eigenvalue weighted by molar-refractivity contribution is 5.89. The Morgan fingerprint density at radius 3 is 2.65 bits per heavy atom. The van der Waals surface area contributed by atoms with Crippen LogP contribution < -0.4 is 10.3 Å². The van der Waals surface area contributed by atoms with Crippen molar-refractivity contribution in [2.75, 3.05) is 7.11 Å². The first-order valence-electron chi connectivity index (χ1n) is 8.05. The zero-order valence-corrected chi connectivity index (χ0v) is 14.5. The molecule has 1 atom stereocenters. The van der Waals surface area contributed by atoms with Gasteiger partial charge in [-0.3, -0.25) is 4.79 Å². The van der Waals surface area contributed by atoms with Crippen LogP contribution in [0.4, 0.5) is 0 Å². The van der Waals surface area contributed by atoms with Crippen molar-refractivity contribution in [2.24, 2.45) is 0 Å². The molecule has 0 spiro atoms. The van der Waals surface area contributed by atoms with Crippen molar-refractivity contribution < 1.29 is 14.6 Å². The van der Waals surface area contributed by atoms with E-state index in [2.05, 4.69) is 11.7 Å². The molecule has 0 aliphatic rings. The first kappa shape index (κ1) is 17.5. The number of aliphatic carboxylic acids is 1. The molecule has 134 valence electrons. The van der Waals surface area contributed by atoms with Crippen molar-refractivity contribution in [3.63, 3.8) is 0 Å². The number of aromatic nitrogens is 3. The Balaban J connectivity index is 2.08. The molecule has 0 bridgehead atoms. The summed E-state index contributed by atoms with van der Waals surface area (Å²) >= 11 is 0. The predicted octanol–water partition coefficient (Wildman–Crippen LogP) is 2.54. The molecule has 2 aromatic heterocycles. The average Bonchev–Trinajstić information content (AvgIpc) is 3.03. The number of fused-ring (bicyclic) bond motifs is 1. The Morgan fingerprint density at radius 1 is 1.38 bits per heavy atom. The second kappa shape index (κ2) is 6.87. The number of carboxylic acid groups (broad SMARTS) is 1. The second-order valence-corrected chi connectivity index (χ2v) is 5.93. The van der Waals surface area contributed by atoms with Crippen LogP contribution >= 0.6 is 0 Å². The Bertz CT molecular complexity index is 1030. The number of carboxylic acids is 1. The number of hydrogen-bond acceptors (Lipinski definition) is 4. The van der Waals surface area contributed by atoms with E-state index in [0.717, 1.165) is 11.3 Å². The van der Waals surface area contributed by atoms with Crippen molar-refractivity contribution >= 4 is 22.9 Å². The van der Waals surface area contributed by atoms with E-state index in [1.807, 2.05) is 24.3 Å². The summed E-state index contributed by atoms with van der Waals surface area (Å²) in [6, 6.07) is 6.55. The minimum absolute atomic E-state index is 0.287. The van der Waals surface area contributed by atoms with Gasteiger partial charge in [0.05, 0.1) is 30.8 Å². The summed E-state index contributed by atoms with van der Waals surface area (Å²) in [4.78, 5) is 24.2. The molecule has 2 heterocycles. The van der Waals surface area contributed by atoms with E-state index in [1.54, 1.807) is 26.3 Å². The first-order chi connectivity index (χ1) is 12.5. The summed E-state index contributed by atoms with van der Waals surface area (Å²) in [6.45, 7) is 5.58. The standard InChI is InChI=1S/C19H19N3O4/c1-4-14-11-21(12(2)19(24)25)16-9-20-22(18(23)17(14)16)10-13-5-7-15(26-3)8-6-13/h4-9,11-12H,1,10H2,2-3H3,(H,24,25). The van der Waals surface area contributed by atoms with Gasteiger partial charge >= 0.3 is 5.97 Å². The number of methoxy groups -OCH3 is 1. The van der Waals surface area contributed by atoms with Crippen LogP contribution in [-0.4, -0.2) is 32.5 Å². The Morgan fingerprint density at radius 2 is 2.08 bits per heavy atom. The summed E-state index contributed by atoms with van der Waals surface area (Å²) in [5.74, 6) is -0.252. The number of carbonyl (C=O) groups is 1. The molecule has 3 aromatic rings. The fourth-order valence-electron chi connectivity index (χ4n) is 2.84. The van der Waals surface area contributed by atoms with Gasteiger partial charge in [0.25, 0.3) is 5.56 Å². The SMILES string of the molecule is C=Cc1cn(C(C)C(=O)O)c2cnn(Cc3ccc(OC)cc3)c(=O)c12. The number of benzene rings is 1. The molecule has 0 fully saturated rings. The van der Waals surface area contributed by atoms with Crippen molar-refractivity contribution in [3.8, 4) is 5.75 Å². The Kier molecular flexibility index (Phi) is 4.62. The van der Waals surface area contributed by atoms with Gasteiger partial charge in [0.2, 0.25) is 0 Å². The largest absolute Gasteiger partial charge is 0.497 e. The normalized spacial score (nSPS) is 12.1. The molecule has 1 unspecified atom stereocenters. The third kappa shape index (κ3) is 2.99. The molecule has 1 aromatic carbocycles. The van der Waals surface area contributed by atoms with Gasteiger partial charge in [-0.15, -0.1) is 0 Å². The van der Waals surface area contributed by atoms with Crippen LogP contribution in [-0.2, 0) is 11.3 Å². The highest BCUT2D eigenvalue weighted by Gasteiger charge is 2.20. The quantitative estimate of drug-likeness (QED) is 0.736.